The highest BCUT2D eigenvalue weighted by Crippen LogP contribution is 2.42. The molecule has 132 heavy (non-hydrogen) atoms. The Morgan fingerprint density at radius 3 is 0.697 bits per heavy atom. The Morgan fingerprint density at radius 2 is 0.439 bits per heavy atom. The van der Waals surface area contributed by atoms with Crippen LogP contribution < -0.4 is 37.9 Å². The fourth-order valence-electron chi connectivity index (χ4n) is 13.6. The van der Waals surface area contributed by atoms with Gasteiger partial charge in [0.25, 0.3) is 0 Å². The van der Waals surface area contributed by atoms with Crippen LogP contribution in [0.15, 0.2) is 292 Å². The van der Waals surface area contributed by atoms with Crippen LogP contribution in [-0.4, -0.2) is 97.1 Å². The summed E-state index contributed by atoms with van der Waals surface area (Å²) in [7, 11) is 0. The first-order chi connectivity index (χ1) is 62.4. The van der Waals surface area contributed by atoms with Gasteiger partial charge in [-0.1, -0.05) is 176 Å². The average molecular weight is 1790 g/mol. The largest absolute Gasteiger partial charge is 0.462 e. The molecule has 0 aromatic heterocycles. The average Bonchev–Trinajstić information content (AvgIpc) is 1.60. The summed E-state index contributed by atoms with van der Waals surface area (Å²) in [6, 6.07) is 44.1. The Balaban J connectivity index is 0.000000198. The maximum atomic E-state index is 12.2. The second kappa shape index (κ2) is 45.3. The molecule has 4 atom stereocenters. The fourth-order valence-corrected chi connectivity index (χ4v) is 13.6. The zero-order valence-electron chi connectivity index (χ0n) is 75.7. The van der Waals surface area contributed by atoms with Crippen molar-refractivity contribution in [1.29, 1.82) is 0 Å². The topological polar surface area (TPSA) is 316 Å². The van der Waals surface area contributed by atoms with Gasteiger partial charge in [-0.15, -0.1) is 0 Å². The third kappa shape index (κ3) is 27.7. The first kappa shape index (κ1) is 100. The molecule has 8 aromatic rings. The summed E-state index contributed by atoms with van der Waals surface area (Å²) in [5, 5.41) is 0. The highest BCUT2D eigenvalue weighted by atomic mass is 16.6. The Kier molecular flexibility index (Phi) is 34.3. The van der Waals surface area contributed by atoms with E-state index >= 15 is 0 Å². The standard InChI is InChI=1S/C28H28O6.2C27H26O6.C26H24O6/c1-16(2)26(29)32-15-19-11-20-7-8-21(13-23(20)12-19)22-9-10-24(33-27(30)17(3)4)25(14-22)34-28(31)18(5)6;1-15(2)25(28)31-22-12-19-8-7-18(11-21(19)13-22)20-9-10-23(32-26(29)16(3)4)24(14-20)33-27(30)17(5)6;1-6-25(28)31-15-18-11-19-7-8-20(13-22(19)12-18)21-9-10-23(32-26(29)16(2)3)24(14-21)33-27(30)17(4)5;1-6-24(27)30-21-12-18-8-7-17(11-20(18)13-21)19-9-10-22(31-25(28)15(2)3)23(14-19)32-26(29)16(4)5/h7-10,13-14,19H,1,3,5,11-12,15H2,2,4,6H3;7-11,14,22H,1,3,5,12-13H2,2,4,6H3;6-10,13-14,18H,1-2,4,11-12,15H2,3,5H3;6-11,14,21H,1-2,4,12-13H2,3,5H3. The summed E-state index contributed by atoms with van der Waals surface area (Å²) < 4.78 is 64.4. The summed E-state index contributed by atoms with van der Waals surface area (Å²) >= 11 is 0. The van der Waals surface area contributed by atoms with Crippen LogP contribution in [0.4, 0.5) is 0 Å². The van der Waals surface area contributed by atoms with Crippen molar-refractivity contribution in [3.05, 3.63) is 337 Å². The van der Waals surface area contributed by atoms with Crippen LogP contribution in [0.5, 0.6) is 46.0 Å². The molecule has 0 heterocycles. The van der Waals surface area contributed by atoms with Crippen LogP contribution in [0.1, 0.15) is 114 Å². The Labute approximate surface area is 767 Å². The molecule has 0 amide bonds. The molecule has 0 fully saturated rings. The lowest BCUT2D eigenvalue weighted by Crippen LogP contribution is -2.18. The van der Waals surface area contributed by atoms with E-state index in [1.807, 2.05) is 48.5 Å². The van der Waals surface area contributed by atoms with Crippen LogP contribution >= 0.6 is 0 Å². The van der Waals surface area contributed by atoms with Gasteiger partial charge in [-0.25, -0.2) is 57.5 Å². The van der Waals surface area contributed by atoms with E-state index < -0.39 is 65.7 Å². The van der Waals surface area contributed by atoms with Gasteiger partial charge in [-0.3, -0.25) is 0 Å². The van der Waals surface area contributed by atoms with Gasteiger partial charge in [-0.2, -0.15) is 0 Å². The number of benzene rings is 8. The van der Waals surface area contributed by atoms with Gasteiger partial charge in [0.05, 0.1) is 13.2 Å². The van der Waals surface area contributed by atoms with Crippen molar-refractivity contribution in [2.75, 3.05) is 13.2 Å². The molecule has 4 aliphatic rings. The predicted molar refractivity (Wildman–Crippen MR) is 499 cm³/mol. The van der Waals surface area contributed by atoms with Crippen molar-refractivity contribution in [2.24, 2.45) is 11.8 Å². The maximum absolute atomic E-state index is 12.2. The van der Waals surface area contributed by atoms with Crippen molar-refractivity contribution < 1.29 is 114 Å². The van der Waals surface area contributed by atoms with Gasteiger partial charge < -0.3 is 56.8 Å². The summed E-state index contributed by atoms with van der Waals surface area (Å²) in [4.78, 5) is 143. The van der Waals surface area contributed by atoms with Gasteiger partial charge in [0.1, 0.15) is 12.2 Å². The zero-order chi connectivity index (χ0) is 96.8. The molecular formula is C108H104O24. The van der Waals surface area contributed by atoms with E-state index in [9.17, 15) is 57.5 Å². The van der Waals surface area contributed by atoms with Crippen molar-refractivity contribution >= 4 is 71.6 Å². The van der Waals surface area contributed by atoms with Gasteiger partial charge in [0, 0.05) is 105 Å². The van der Waals surface area contributed by atoms with Gasteiger partial charge in [0.2, 0.25) is 0 Å². The maximum Gasteiger partial charge on any atom is 0.338 e. The minimum absolute atomic E-state index is 0.100. The fraction of sp³-hybridized carbons (Fsp3) is 0.222. The van der Waals surface area contributed by atoms with Gasteiger partial charge in [-0.05, 0) is 232 Å². The third-order valence-electron chi connectivity index (χ3n) is 20.7. The van der Waals surface area contributed by atoms with E-state index in [0.717, 1.165) is 105 Å². The second-order valence-corrected chi connectivity index (χ2v) is 32.6. The molecular weight excluding hydrogens is 1680 g/mol. The van der Waals surface area contributed by atoms with E-state index in [2.05, 4.69) is 103 Å². The summed E-state index contributed by atoms with van der Waals surface area (Å²) in [6.07, 6.45) is 7.62. The molecule has 8 aromatic carbocycles. The highest BCUT2D eigenvalue weighted by Gasteiger charge is 2.31. The molecule has 24 nitrogen and oxygen atoms in total. The van der Waals surface area contributed by atoms with Crippen molar-refractivity contribution in [1.82, 2.24) is 0 Å². The number of hydrogen-bond donors (Lipinski definition) is 0. The molecule has 0 aliphatic heterocycles. The lowest BCUT2D eigenvalue weighted by atomic mass is 10.00. The monoisotopic (exact) mass is 1780 g/mol. The molecule has 0 saturated heterocycles. The lowest BCUT2D eigenvalue weighted by molar-refractivity contribution is -0.144. The van der Waals surface area contributed by atoms with E-state index in [1.165, 1.54) is 77.6 Å². The number of rotatable bonds is 30. The van der Waals surface area contributed by atoms with E-state index in [1.54, 1.807) is 86.6 Å². The summed E-state index contributed by atoms with van der Waals surface area (Å²) in [5.41, 5.74) is 18.4. The molecule has 0 N–H and O–H groups in total. The predicted octanol–water partition coefficient (Wildman–Crippen LogP) is 19.3. The second-order valence-electron chi connectivity index (χ2n) is 32.6. The van der Waals surface area contributed by atoms with E-state index in [4.69, 9.17) is 56.8 Å². The Morgan fingerprint density at radius 1 is 0.235 bits per heavy atom. The Hall–Kier alpha value is -15.7. The number of ether oxygens (including phenoxy) is 12. The molecule has 0 saturated carbocycles. The van der Waals surface area contributed by atoms with Crippen LogP contribution in [0.2, 0.25) is 0 Å². The van der Waals surface area contributed by atoms with Crippen molar-refractivity contribution in [2.45, 2.75) is 133 Å². The third-order valence-corrected chi connectivity index (χ3v) is 20.7. The van der Waals surface area contributed by atoms with E-state index in [0.29, 0.717) is 50.0 Å². The first-order valence-corrected chi connectivity index (χ1v) is 41.8. The SMILES string of the molecule is C=C(C)C(=O)OCC1Cc2ccc(-c3ccc(OC(=O)C(=C)C)c(OC(=O)C(=C)C)c3)cc2C1.C=C(C)C(=O)Oc1ccc(-c2ccc3c(c2)CC(OC(=O)C(=C)C)C3)cc1OC(=O)C(=C)C.C=CC(=O)OC1Cc2ccc(-c3ccc(OC(=O)C(=C)C)c(OC(=O)C(=C)C)c3)cc2C1.C=CC(=O)OCC1Cc2ccc(-c3ccc(OC(=O)C(=C)C)c(OC(=O)C(=C)C)c3)cc2C1. The molecule has 0 bridgehead atoms. The zero-order valence-corrected chi connectivity index (χ0v) is 75.7. The minimum atomic E-state index is -0.629. The quantitative estimate of drug-likeness (QED) is 0.0175. The number of hydrogen-bond acceptors (Lipinski definition) is 24. The number of fused-ring (bicyclic) bond motifs is 4. The van der Waals surface area contributed by atoms with Crippen molar-refractivity contribution in [3.8, 4) is 90.5 Å². The van der Waals surface area contributed by atoms with E-state index in [-0.39, 0.29) is 121 Å². The number of carbonyl (C=O) groups excluding carboxylic acids is 12. The molecule has 4 aliphatic carbocycles. The molecule has 0 spiro atoms. The van der Waals surface area contributed by atoms with Crippen LogP contribution in [0.25, 0.3) is 44.5 Å². The molecule has 4 unspecified atom stereocenters. The highest BCUT2D eigenvalue weighted by molar-refractivity contribution is 5.96. The summed E-state index contributed by atoms with van der Waals surface area (Å²) in [5.74, 6) is -5.29. The summed E-state index contributed by atoms with van der Waals surface area (Å²) in [6.45, 7) is 58.9. The van der Waals surface area contributed by atoms with Gasteiger partial charge >= 0.3 is 71.6 Å². The molecule has 680 valence electrons. The first-order valence-electron chi connectivity index (χ1n) is 41.8. The van der Waals surface area contributed by atoms with Crippen LogP contribution in [0.3, 0.4) is 0 Å². The lowest BCUT2D eigenvalue weighted by Gasteiger charge is -2.13. The normalized spacial score (nSPS) is 14.1. The Bertz CT molecular complexity index is 6170. The molecule has 0 radical (unpaired) electrons. The number of esters is 12. The number of carbonyl (C=O) groups is 12. The van der Waals surface area contributed by atoms with Crippen LogP contribution in [-0.2, 0) is 128 Å². The molecule has 12 rings (SSSR count). The minimum Gasteiger partial charge on any atom is -0.462 e. The van der Waals surface area contributed by atoms with Gasteiger partial charge in [0.15, 0.2) is 46.0 Å². The van der Waals surface area contributed by atoms with Crippen molar-refractivity contribution in [3.63, 3.8) is 0 Å². The smallest absolute Gasteiger partial charge is 0.338 e. The van der Waals surface area contributed by atoms with Crippen LogP contribution in [0, 0.1) is 11.8 Å². The molecule has 24 heteroatoms.